The van der Waals surface area contributed by atoms with Crippen molar-refractivity contribution < 1.29 is 10.0 Å². The average molecular weight is 276 g/mol. The average Bonchev–Trinajstić information content (AvgIpc) is 2.46. The third-order valence-electron chi connectivity index (χ3n) is 4.83. The molecule has 0 aromatic heterocycles. The minimum atomic E-state index is -0.598. The fraction of sp³-hybridized carbons (Fsp3) is 0.600. The second kappa shape index (κ2) is 5.14. The van der Waals surface area contributed by atoms with Crippen molar-refractivity contribution in [3.63, 3.8) is 0 Å². The number of aliphatic hydroxyl groups is 1. The van der Waals surface area contributed by atoms with Gasteiger partial charge < -0.3 is 10.4 Å². The molecule has 2 fully saturated rings. The van der Waals surface area contributed by atoms with Gasteiger partial charge in [-0.05, 0) is 31.4 Å². The summed E-state index contributed by atoms with van der Waals surface area (Å²) in [6.45, 7) is 0.764. The van der Waals surface area contributed by atoms with E-state index in [2.05, 4.69) is 5.32 Å². The number of nitro benzene ring substituents is 1. The van der Waals surface area contributed by atoms with Crippen LogP contribution in [-0.4, -0.2) is 22.2 Å². The van der Waals surface area contributed by atoms with E-state index in [0.717, 1.165) is 44.2 Å². The topological polar surface area (TPSA) is 75.4 Å². The molecule has 1 aliphatic heterocycles. The number of hydrogen-bond donors (Lipinski definition) is 2. The van der Waals surface area contributed by atoms with Crippen molar-refractivity contribution in [2.24, 2.45) is 5.92 Å². The Labute approximate surface area is 118 Å². The van der Waals surface area contributed by atoms with E-state index in [1.807, 2.05) is 6.07 Å². The van der Waals surface area contributed by atoms with Crippen molar-refractivity contribution in [2.75, 3.05) is 6.54 Å². The molecule has 0 radical (unpaired) electrons. The zero-order valence-corrected chi connectivity index (χ0v) is 11.4. The van der Waals surface area contributed by atoms with Gasteiger partial charge in [0.2, 0.25) is 0 Å². The van der Waals surface area contributed by atoms with E-state index < -0.39 is 5.60 Å². The second-order valence-electron chi connectivity index (χ2n) is 5.99. The smallest absolute Gasteiger partial charge is 0.269 e. The Morgan fingerprint density at radius 3 is 3.00 bits per heavy atom. The Bertz CT molecular complexity index is 516. The van der Waals surface area contributed by atoms with Gasteiger partial charge in [-0.1, -0.05) is 25.0 Å². The summed E-state index contributed by atoms with van der Waals surface area (Å²) in [5, 5.41) is 25.2. The normalized spacial score (nSPS) is 33.5. The van der Waals surface area contributed by atoms with E-state index >= 15 is 0 Å². The summed E-state index contributed by atoms with van der Waals surface area (Å²) >= 11 is 0. The van der Waals surface area contributed by atoms with Crippen LogP contribution in [0.25, 0.3) is 0 Å². The van der Waals surface area contributed by atoms with Gasteiger partial charge in [-0.2, -0.15) is 0 Å². The molecule has 1 saturated heterocycles. The van der Waals surface area contributed by atoms with Crippen LogP contribution in [0, 0.1) is 16.0 Å². The lowest BCUT2D eigenvalue weighted by molar-refractivity contribution is -0.385. The maximum atomic E-state index is 10.9. The number of nitro groups is 1. The van der Waals surface area contributed by atoms with Gasteiger partial charge in [0.15, 0.2) is 0 Å². The summed E-state index contributed by atoms with van der Waals surface area (Å²) in [6, 6.07) is 6.82. The molecule has 3 rings (SSSR count). The number of rotatable bonds is 2. The van der Waals surface area contributed by atoms with Gasteiger partial charge in [-0.3, -0.25) is 10.1 Å². The fourth-order valence-electron chi connectivity index (χ4n) is 3.81. The summed E-state index contributed by atoms with van der Waals surface area (Å²) in [6.07, 6.45) is 4.82. The minimum Gasteiger partial charge on any atom is -0.389 e. The Morgan fingerprint density at radius 1 is 1.35 bits per heavy atom. The predicted octanol–water partition coefficient (Wildman–Crippen LogP) is 2.55. The molecule has 1 aromatic rings. The molecule has 2 aliphatic rings. The summed E-state index contributed by atoms with van der Waals surface area (Å²) in [5.74, 6) is 0.159. The lowest BCUT2D eigenvalue weighted by atomic mass is 9.67. The van der Waals surface area contributed by atoms with Crippen LogP contribution in [0.4, 0.5) is 5.69 Å². The lowest BCUT2D eigenvalue weighted by Gasteiger charge is -2.48. The Hall–Kier alpha value is -1.46. The molecular weight excluding hydrogens is 256 g/mol. The fourth-order valence-corrected chi connectivity index (χ4v) is 3.81. The number of non-ortho nitro benzene ring substituents is 1. The third kappa shape index (κ3) is 2.31. The summed E-state index contributed by atoms with van der Waals surface area (Å²) in [5.41, 5.74) is 0.442. The molecule has 3 atom stereocenters. The van der Waals surface area contributed by atoms with Crippen molar-refractivity contribution >= 4 is 5.69 Å². The van der Waals surface area contributed by atoms with Crippen LogP contribution in [0.5, 0.6) is 0 Å². The molecule has 5 heteroatoms. The molecule has 20 heavy (non-hydrogen) atoms. The first kappa shape index (κ1) is 13.5. The maximum Gasteiger partial charge on any atom is 0.269 e. The second-order valence-corrected chi connectivity index (χ2v) is 5.99. The van der Waals surface area contributed by atoms with Crippen LogP contribution < -0.4 is 5.32 Å². The van der Waals surface area contributed by atoms with Gasteiger partial charge >= 0.3 is 0 Å². The summed E-state index contributed by atoms with van der Waals surface area (Å²) < 4.78 is 0. The third-order valence-corrected chi connectivity index (χ3v) is 4.83. The molecule has 0 spiro atoms. The number of nitrogens with zero attached hydrogens (tertiary/aromatic N) is 1. The molecule has 1 saturated carbocycles. The number of nitrogens with one attached hydrogen (secondary N) is 1. The Kier molecular flexibility index (Phi) is 3.48. The van der Waals surface area contributed by atoms with Gasteiger partial charge in [-0.25, -0.2) is 0 Å². The van der Waals surface area contributed by atoms with E-state index in [1.165, 1.54) is 6.07 Å². The standard InChI is InChI=1S/C15H20N2O3/c18-15-7-2-1-6-13(15)14(16-9-8-15)11-4-3-5-12(10-11)17(19)20/h3-5,10,13-14,16,18H,1-2,6-9H2. The first-order valence-corrected chi connectivity index (χ1v) is 7.30. The van der Waals surface area contributed by atoms with E-state index in [4.69, 9.17) is 0 Å². The first-order chi connectivity index (χ1) is 9.60. The molecule has 1 aliphatic carbocycles. The molecular formula is C15H20N2O3. The molecule has 1 aromatic carbocycles. The van der Waals surface area contributed by atoms with Crippen molar-refractivity contribution in [1.29, 1.82) is 0 Å². The molecule has 0 bridgehead atoms. The van der Waals surface area contributed by atoms with Gasteiger partial charge in [0.25, 0.3) is 5.69 Å². The van der Waals surface area contributed by atoms with Crippen molar-refractivity contribution in [3.8, 4) is 0 Å². The van der Waals surface area contributed by atoms with E-state index in [9.17, 15) is 15.2 Å². The quantitative estimate of drug-likeness (QED) is 0.643. The number of piperidine rings is 1. The van der Waals surface area contributed by atoms with Crippen LogP contribution in [0.1, 0.15) is 43.7 Å². The maximum absolute atomic E-state index is 10.9. The molecule has 5 nitrogen and oxygen atoms in total. The molecule has 108 valence electrons. The zero-order valence-electron chi connectivity index (χ0n) is 11.4. The molecule has 1 heterocycles. The Balaban J connectivity index is 1.92. The lowest BCUT2D eigenvalue weighted by Crippen LogP contribution is -2.53. The minimum absolute atomic E-state index is 0.0222. The summed E-state index contributed by atoms with van der Waals surface area (Å²) in [4.78, 5) is 10.6. The SMILES string of the molecule is O=[N+]([O-])c1cccc(C2NCCC3(O)CCCCC23)c1. The highest BCUT2D eigenvalue weighted by atomic mass is 16.6. The van der Waals surface area contributed by atoms with Crippen LogP contribution in [0.3, 0.4) is 0 Å². The number of benzene rings is 1. The Morgan fingerprint density at radius 2 is 2.20 bits per heavy atom. The molecule has 2 N–H and O–H groups in total. The van der Waals surface area contributed by atoms with Crippen molar-refractivity contribution in [2.45, 2.75) is 43.7 Å². The first-order valence-electron chi connectivity index (χ1n) is 7.30. The highest BCUT2D eigenvalue weighted by Gasteiger charge is 2.45. The predicted molar refractivity (Wildman–Crippen MR) is 75.4 cm³/mol. The van der Waals surface area contributed by atoms with Gasteiger partial charge in [-0.15, -0.1) is 0 Å². The van der Waals surface area contributed by atoms with Crippen LogP contribution in [-0.2, 0) is 0 Å². The van der Waals surface area contributed by atoms with Crippen LogP contribution in [0.2, 0.25) is 0 Å². The van der Waals surface area contributed by atoms with Crippen molar-refractivity contribution in [3.05, 3.63) is 39.9 Å². The van der Waals surface area contributed by atoms with E-state index in [0.29, 0.717) is 0 Å². The highest BCUT2D eigenvalue weighted by molar-refractivity contribution is 5.36. The molecule has 3 unspecified atom stereocenters. The van der Waals surface area contributed by atoms with Gasteiger partial charge in [0.05, 0.1) is 10.5 Å². The zero-order chi connectivity index (χ0) is 14.2. The largest absolute Gasteiger partial charge is 0.389 e. The van der Waals surface area contributed by atoms with E-state index in [-0.39, 0.29) is 22.6 Å². The van der Waals surface area contributed by atoms with Gasteiger partial charge in [0, 0.05) is 24.1 Å². The monoisotopic (exact) mass is 276 g/mol. The number of hydrogen-bond acceptors (Lipinski definition) is 4. The summed E-state index contributed by atoms with van der Waals surface area (Å²) in [7, 11) is 0. The highest BCUT2D eigenvalue weighted by Crippen LogP contribution is 2.45. The number of fused-ring (bicyclic) bond motifs is 1. The van der Waals surface area contributed by atoms with Gasteiger partial charge in [0.1, 0.15) is 0 Å². The van der Waals surface area contributed by atoms with Crippen molar-refractivity contribution in [1.82, 2.24) is 5.32 Å². The van der Waals surface area contributed by atoms with Crippen LogP contribution in [0.15, 0.2) is 24.3 Å². The van der Waals surface area contributed by atoms with Crippen LogP contribution >= 0.6 is 0 Å². The van der Waals surface area contributed by atoms with E-state index in [1.54, 1.807) is 12.1 Å². The molecule has 0 amide bonds.